The van der Waals surface area contributed by atoms with Gasteiger partial charge in [0.2, 0.25) is 0 Å². The van der Waals surface area contributed by atoms with Gasteiger partial charge in [-0.3, -0.25) is 19.5 Å². The Labute approximate surface area is 176 Å². The topological polar surface area (TPSA) is 107 Å². The molecule has 1 atom stereocenters. The average Bonchev–Trinajstić information content (AvgIpc) is 3.34. The predicted molar refractivity (Wildman–Crippen MR) is 113 cm³/mol. The third kappa shape index (κ3) is 3.01. The number of amides is 2. The lowest BCUT2D eigenvalue weighted by atomic mass is 9.91. The molecule has 1 saturated heterocycles. The number of thiophene rings is 1. The summed E-state index contributed by atoms with van der Waals surface area (Å²) in [6.45, 7) is 1.69. The maximum absolute atomic E-state index is 13.2. The highest BCUT2D eigenvalue weighted by Gasteiger charge is 2.36. The molecule has 0 bridgehead atoms. The van der Waals surface area contributed by atoms with Crippen molar-refractivity contribution in [2.45, 2.75) is 25.4 Å². The molecule has 1 unspecified atom stereocenters. The summed E-state index contributed by atoms with van der Waals surface area (Å²) in [4.78, 5) is 42.0. The Kier molecular flexibility index (Phi) is 4.63. The van der Waals surface area contributed by atoms with Gasteiger partial charge in [0.25, 0.3) is 11.8 Å². The first-order valence-corrected chi connectivity index (χ1v) is 10.7. The van der Waals surface area contributed by atoms with Crippen LogP contribution in [-0.4, -0.2) is 58.9 Å². The molecule has 154 valence electrons. The van der Waals surface area contributed by atoms with Crippen LogP contribution in [0.4, 0.5) is 0 Å². The van der Waals surface area contributed by atoms with Gasteiger partial charge in [0.15, 0.2) is 5.78 Å². The number of fused-ring (bicyclic) bond motifs is 2. The van der Waals surface area contributed by atoms with Crippen molar-refractivity contribution in [1.82, 2.24) is 25.7 Å². The molecule has 0 spiro atoms. The number of ketones is 1. The van der Waals surface area contributed by atoms with E-state index in [4.69, 9.17) is 0 Å². The van der Waals surface area contributed by atoms with Crippen LogP contribution in [0, 0.1) is 0 Å². The molecule has 30 heavy (non-hydrogen) atoms. The second kappa shape index (κ2) is 7.33. The number of hydrogen-bond acceptors (Lipinski definition) is 6. The minimum Gasteiger partial charge on any atom is -0.354 e. The van der Waals surface area contributed by atoms with Crippen molar-refractivity contribution >= 4 is 39.8 Å². The van der Waals surface area contributed by atoms with E-state index in [0.29, 0.717) is 35.5 Å². The summed E-state index contributed by atoms with van der Waals surface area (Å²) in [5.74, 6) is -0.386. The Balaban J connectivity index is 1.48. The molecule has 0 aliphatic carbocycles. The molecule has 2 aliphatic rings. The van der Waals surface area contributed by atoms with Gasteiger partial charge in [-0.05, 0) is 43.1 Å². The highest BCUT2D eigenvalue weighted by atomic mass is 32.1. The molecule has 2 aromatic heterocycles. The number of hydrogen-bond donors (Lipinski definition) is 3. The van der Waals surface area contributed by atoms with Crippen LogP contribution < -0.4 is 10.6 Å². The van der Waals surface area contributed by atoms with Crippen molar-refractivity contribution in [3.05, 3.63) is 50.8 Å². The van der Waals surface area contributed by atoms with Gasteiger partial charge in [0.1, 0.15) is 4.88 Å². The maximum Gasteiger partial charge on any atom is 0.261 e. The standard InChI is InChI=1S/C21H21N5O3S/c1-22-20(28)19-17(18(27)15-4-6-23-15)13-10-26(7-5-16(13)30-19)21(29)11-2-3-14-12(8-11)9-24-25-14/h2-3,8-9,15,23H,4-7,10H2,1H3,(H,22,28)(H,24,25). The first kappa shape index (κ1) is 19.0. The van der Waals surface area contributed by atoms with E-state index in [9.17, 15) is 14.4 Å². The predicted octanol–water partition coefficient (Wildman–Crippen LogP) is 1.73. The summed E-state index contributed by atoms with van der Waals surface area (Å²) in [5, 5.41) is 13.5. The smallest absolute Gasteiger partial charge is 0.261 e. The fraction of sp³-hybridized carbons (Fsp3) is 0.333. The minimum absolute atomic E-state index is 0.0496. The van der Waals surface area contributed by atoms with E-state index in [-0.39, 0.29) is 23.6 Å². The highest BCUT2D eigenvalue weighted by molar-refractivity contribution is 7.14. The summed E-state index contributed by atoms with van der Waals surface area (Å²) in [6.07, 6.45) is 3.09. The van der Waals surface area contributed by atoms with Crippen LogP contribution in [0.15, 0.2) is 24.4 Å². The summed E-state index contributed by atoms with van der Waals surface area (Å²) in [6, 6.07) is 5.20. The van der Waals surface area contributed by atoms with E-state index < -0.39 is 0 Å². The Bertz CT molecular complexity index is 1180. The Morgan fingerprint density at radius 1 is 1.30 bits per heavy atom. The summed E-state index contributed by atoms with van der Waals surface area (Å²) >= 11 is 1.38. The van der Waals surface area contributed by atoms with Gasteiger partial charge in [-0.1, -0.05) is 0 Å². The number of aromatic amines is 1. The average molecular weight is 423 g/mol. The van der Waals surface area contributed by atoms with Crippen LogP contribution in [0.5, 0.6) is 0 Å². The molecule has 5 rings (SSSR count). The third-order valence-electron chi connectivity index (χ3n) is 5.84. The van der Waals surface area contributed by atoms with Gasteiger partial charge in [-0.15, -0.1) is 11.3 Å². The molecule has 3 aromatic rings. The number of rotatable bonds is 4. The van der Waals surface area contributed by atoms with E-state index in [0.717, 1.165) is 34.3 Å². The van der Waals surface area contributed by atoms with E-state index in [1.165, 1.54) is 11.3 Å². The zero-order chi connectivity index (χ0) is 20.8. The molecule has 0 saturated carbocycles. The van der Waals surface area contributed by atoms with Crippen LogP contribution >= 0.6 is 11.3 Å². The maximum atomic E-state index is 13.2. The van der Waals surface area contributed by atoms with Crippen molar-refractivity contribution in [2.75, 3.05) is 20.1 Å². The molecule has 9 heteroatoms. The third-order valence-corrected chi connectivity index (χ3v) is 7.13. The van der Waals surface area contributed by atoms with Gasteiger partial charge in [0.05, 0.1) is 17.8 Å². The lowest BCUT2D eigenvalue weighted by molar-refractivity contribution is 0.0732. The fourth-order valence-electron chi connectivity index (χ4n) is 4.04. The van der Waals surface area contributed by atoms with E-state index in [1.807, 2.05) is 12.1 Å². The Hall–Kier alpha value is -3.04. The number of carbonyl (C=O) groups excluding carboxylic acids is 3. The number of H-pyrrole nitrogens is 1. The molecule has 2 amide bonds. The lowest BCUT2D eigenvalue weighted by Crippen LogP contribution is -2.49. The van der Waals surface area contributed by atoms with Crippen molar-refractivity contribution in [2.24, 2.45) is 0 Å². The number of nitrogens with one attached hydrogen (secondary N) is 3. The number of aromatic nitrogens is 2. The van der Waals surface area contributed by atoms with Gasteiger partial charge in [-0.25, -0.2) is 0 Å². The molecular formula is C21H21N5O3S. The molecule has 2 aliphatic heterocycles. The van der Waals surface area contributed by atoms with Crippen molar-refractivity contribution in [3.8, 4) is 0 Å². The van der Waals surface area contributed by atoms with Crippen molar-refractivity contribution in [1.29, 1.82) is 0 Å². The second-order valence-corrected chi connectivity index (χ2v) is 8.70. The number of Topliss-reactive ketones (excluding diaryl/α,β-unsaturated/α-hetero) is 1. The number of carbonyl (C=O) groups is 3. The van der Waals surface area contributed by atoms with Crippen LogP contribution in [0.2, 0.25) is 0 Å². The summed E-state index contributed by atoms with van der Waals surface area (Å²) in [5.41, 5.74) is 2.76. The first-order valence-electron chi connectivity index (χ1n) is 9.93. The zero-order valence-electron chi connectivity index (χ0n) is 16.4. The van der Waals surface area contributed by atoms with Crippen molar-refractivity contribution < 1.29 is 14.4 Å². The van der Waals surface area contributed by atoms with Crippen LogP contribution in [0.1, 0.15) is 47.2 Å². The number of benzene rings is 1. The van der Waals surface area contributed by atoms with Crippen molar-refractivity contribution in [3.63, 3.8) is 0 Å². The quantitative estimate of drug-likeness (QED) is 0.554. The molecule has 1 aromatic carbocycles. The molecule has 0 radical (unpaired) electrons. The minimum atomic E-state index is -0.250. The normalized spacial score (nSPS) is 18.0. The monoisotopic (exact) mass is 423 g/mol. The molecule has 4 heterocycles. The van der Waals surface area contributed by atoms with Crippen LogP contribution in [0.25, 0.3) is 10.9 Å². The fourth-order valence-corrected chi connectivity index (χ4v) is 5.29. The van der Waals surface area contributed by atoms with E-state index >= 15 is 0 Å². The molecule has 8 nitrogen and oxygen atoms in total. The summed E-state index contributed by atoms with van der Waals surface area (Å²) < 4.78 is 0. The van der Waals surface area contributed by atoms with Gasteiger partial charge < -0.3 is 15.5 Å². The van der Waals surface area contributed by atoms with E-state index in [1.54, 1.807) is 24.2 Å². The molecule has 3 N–H and O–H groups in total. The van der Waals surface area contributed by atoms with Gasteiger partial charge in [-0.2, -0.15) is 5.10 Å². The van der Waals surface area contributed by atoms with Crippen LogP contribution in [-0.2, 0) is 13.0 Å². The van der Waals surface area contributed by atoms with E-state index in [2.05, 4.69) is 20.8 Å². The Morgan fingerprint density at radius 3 is 2.87 bits per heavy atom. The van der Waals surface area contributed by atoms with Gasteiger partial charge >= 0.3 is 0 Å². The second-order valence-electron chi connectivity index (χ2n) is 7.60. The van der Waals surface area contributed by atoms with Crippen LogP contribution in [0.3, 0.4) is 0 Å². The van der Waals surface area contributed by atoms with Gasteiger partial charge in [0, 0.05) is 41.5 Å². The number of nitrogens with zero attached hydrogens (tertiary/aromatic N) is 2. The SMILES string of the molecule is CNC(=O)c1sc2c(c1C(=O)C1CCN1)CN(C(=O)c1ccc3[nH]ncc3c1)CC2. The largest absolute Gasteiger partial charge is 0.354 e. The first-order chi connectivity index (χ1) is 14.6. The molecule has 1 fully saturated rings. The highest BCUT2D eigenvalue weighted by Crippen LogP contribution is 2.35. The lowest BCUT2D eigenvalue weighted by Gasteiger charge is -2.30. The molecular weight excluding hydrogens is 402 g/mol. The Morgan fingerprint density at radius 2 is 2.13 bits per heavy atom. The zero-order valence-corrected chi connectivity index (χ0v) is 17.3. The summed E-state index contributed by atoms with van der Waals surface area (Å²) in [7, 11) is 1.57.